The first-order valence-corrected chi connectivity index (χ1v) is 18.7. The molecule has 0 N–H and O–H groups in total. The minimum absolute atomic E-state index is 0.516. The summed E-state index contributed by atoms with van der Waals surface area (Å²) in [5.74, 6) is 0. The lowest BCUT2D eigenvalue weighted by Gasteiger charge is -2.17. The Morgan fingerprint density at radius 3 is 1.46 bits per heavy atom. The third kappa shape index (κ3) is 4.61. The van der Waals surface area contributed by atoms with Gasteiger partial charge in [0.1, 0.15) is 6.07 Å². The van der Waals surface area contributed by atoms with Crippen molar-refractivity contribution in [3.8, 4) is 46.4 Å². The van der Waals surface area contributed by atoms with Crippen molar-refractivity contribution in [2.24, 2.45) is 0 Å². The van der Waals surface area contributed by atoms with Crippen LogP contribution in [-0.4, -0.2) is 13.7 Å². The van der Waals surface area contributed by atoms with E-state index >= 15 is 0 Å². The number of nitriles is 3. The van der Waals surface area contributed by atoms with Crippen LogP contribution in [0, 0.1) is 34.0 Å². The summed E-state index contributed by atoms with van der Waals surface area (Å²) in [6, 6.07) is 64.9. The van der Waals surface area contributed by atoms with Gasteiger partial charge < -0.3 is 13.7 Å². The Bertz CT molecular complexity index is 3490. The van der Waals surface area contributed by atoms with Crippen molar-refractivity contribution < 1.29 is 0 Å². The van der Waals surface area contributed by atoms with Gasteiger partial charge in [0.15, 0.2) is 0 Å². The fourth-order valence-corrected chi connectivity index (χ4v) is 8.93. The second kappa shape index (κ2) is 12.3. The Kier molecular flexibility index (Phi) is 6.95. The summed E-state index contributed by atoms with van der Waals surface area (Å²) in [6.07, 6.45) is 0. The summed E-state index contributed by atoms with van der Waals surface area (Å²) >= 11 is 0. The molecule has 262 valence electrons. The summed E-state index contributed by atoms with van der Waals surface area (Å²) < 4.78 is 6.85. The van der Waals surface area contributed by atoms with Gasteiger partial charge in [0.05, 0.1) is 73.3 Å². The highest BCUT2D eigenvalue weighted by atomic mass is 15.1. The lowest BCUT2D eigenvalue weighted by Crippen LogP contribution is -2.02. The zero-order valence-corrected chi connectivity index (χ0v) is 30.3. The van der Waals surface area contributed by atoms with Crippen LogP contribution in [0.15, 0.2) is 170 Å². The van der Waals surface area contributed by atoms with Crippen molar-refractivity contribution in [3.05, 3.63) is 187 Å². The van der Waals surface area contributed by atoms with Crippen molar-refractivity contribution in [2.45, 2.75) is 0 Å². The standard InChI is InChI=1S/C51H28N6/c52-29-32-19-25-47-42(27-32)43-28-33(30-53)20-26-48(43)57(47)50-35(31-54)9-7-13-37(50)34-21-23-36(24-22-34)55-44-15-4-3-12-40(44)41-14-8-18-49(51(41)55)56-45-16-5-1-10-38(45)39-11-2-6-17-46(39)56/h1-28H. The molecule has 0 atom stereocenters. The topological polar surface area (TPSA) is 86.2 Å². The molecule has 57 heavy (non-hydrogen) atoms. The molecule has 3 heterocycles. The van der Waals surface area contributed by atoms with Gasteiger partial charge in [-0.15, -0.1) is 0 Å². The Labute approximate surface area is 326 Å². The first kappa shape index (κ1) is 32.1. The van der Waals surface area contributed by atoms with E-state index in [0.29, 0.717) is 16.7 Å². The van der Waals surface area contributed by atoms with E-state index in [1.165, 1.54) is 21.5 Å². The maximum Gasteiger partial charge on any atom is 0.101 e. The van der Waals surface area contributed by atoms with Crippen LogP contribution in [0.25, 0.3) is 93.6 Å². The maximum atomic E-state index is 10.5. The largest absolute Gasteiger partial charge is 0.307 e. The van der Waals surface area contributed by atoms with E-state index in [1.54, 1.807) is 12.1 Å². The molecule has 6 heteroatoms. The van der Waals surface area contributed by atoms with E-state index in [2.05, 4.69) is 153 Å². The molecule has 0 saturated heterocycles. The maximum absolute atomic E-state index is 10.5. The smallest absolute Gasteiger partial charge is 0.101 e. The second-order valence-electron chi connectivity index (χ2n) is 14.3. The highest BCUT2D eigenvalue weighted by molar-refractivity contribution is 6.15. The molecule has 0 aliphatic carbocycles. The monoisotopic (exact) mass is 724 g/mol. The summed E-state index contributed by atoms with van der Waals surface area (Å²) in [5, 5.41) is 36.6. The SMILES string of the molecule is N#Cc1ccc2c(c1)c1cc(C#N)ccc1n2-c1c(C#N)cccc1-c1ccc(-n2c3ccccc3c3cccc(-n4c5ccccc5c5ccccc54)c32)cc1. The fourth-order valence-electron chi connectivity index (χ4n) is 8.93. The van der Waals surface area contributed by atoms with Gasteiger partial charge in [-0.05, 0) is 84.4 Å². The van der Waals surface area contributed by atoms with Crippen LogP contribution in [0.4, 0.5) is 0 Å². The van der Waals surface area contributed by atoms with Crippen molar-refractivity contribution in [1.29, 1.82) is 15.8 Å². The molecular formula is C51H28N6. The van der Waals surface area contributed by atoms with Crippen molar-refractivity contribution in [1.82, 2.24) is 13.7 Å². The van der Waals surface area contributed by atoms with Crippen LogP contribution < -0.4 is 0 Å². The van der Waals surface area contributed by atoms with Gasteiger partial charge in [-0.2, -0.15) is 15.8 Å². The Morgan fingerprint density at radius 1 is 0.368 bits per heavy atom. The van der Waals surface area contributed by atoms with Crippen molar-refractivity contribution in [2.75, 3.05) is 0 Å². The number of nitrogens with zero attached hydrogens (tertiary/aromatic N) is 6. The van der Waals surface area contributed by atoms with Gasteiger partial charge in [-0.25, -0.2) is 0 Å². The van der Waals surface area contributed by atoms with E-state index < -0.39 is 0 Å². The van der Waals surface area contributed by atoms with Gasteiger partial charge in [0.25, 0.3) is 0 Å². The first-order chi connectivity index (χ1) is 28.2. The van der Waals surface area contributed by atoms with E-state index in [0.717, 1.165) is 72.1 Å². The minimum atomic E-state index is 0.516. The number of fused-ring (bicyclic) bond motifs is 9. The number of rotatable bonds is 4. The Balaban J connectivity index is 1.15. The van der Waals surface area contributed by atoms with Crippen molar-refractivity contribution in [3.63, 3.8) is 0 Å². The molecule has 0 bridgehead atoms. The Hall–Kier alpha value is -8.37. The molecule has 11 rings (SSSR count). The van der Waals surface area contributed by atoms with Crippen LogP contribution >= 0.6 is 0 Å². The van der Waals surface area contributed by atoms with Crippen LogP contribution in [-0.2, 0) is 0 Å². The van der Waals surface area contributed by atoms with E-state index in [9.17, 15) is 15.8 Å². The highest BCUT2D eigenvalue weighted by Crippen LogP contribution is 2.42. The molecular weight excluding hydrogens is 697 g/mol. The fraction of sp³-hybridized carbons (Fsp3) is 0. The van der Waals surface area contributed by atoms with Crippen LogP contribution in [0.3, 0.4) is 0 Å². The number of hydrogen-bond acceptors (Lipinski definition) is 3. The van der Waals surface area contributed by atoms with E-state index in [4.69, 9.17) is 0 Å². The molecule has 0 unspecified atom stereocenters. The molecule has 6 nitrogen and oxygen atoms in total. The van der Waals surface area contributed by atoms with Gasteiger partial charge >= 0.3 is 0 Å². The molecule has 0 aliphatic heterocycles. The third-order valence-electron chi connectivity index (χ3n) is 11.3. The van der Waals surface area contributed by atoms with Crippen molar-refractivity contribution >= 4 is 65.4 Å². The second-order valence-corrected chi connectivity index (χ2v) is 14.3. The number of hydrogen-bond donors (Lipinski definition) is 0. The summed E-state index contributed by atoms with van der Waals surface area (Å²) in [6.45, 7) is 0. The van der Waals surface area contributed by atoms with E-state index in [1.807, 2.05) is 36.4 Å². The summed E-state index contributed by atoms with van der Waals surface area (Å²) in [7, 11) is 0. The predicted molar refractivity (Wildman–Crippen MR) is 229 cm³/mol. The van der Waals surface area contributed by atoms with Gasteiger partial charge in [-0.3, -0.25) is 0 Å². The van der Waals surface area contributed by atoms with E-state index in [-0.39, 0.29) is 0 Å². The number of benzene rings is 8. The van der Waals surface area contributed by atoms with Crippen LogP contribution in [0.1, 0.15) is 16.7 Å². The normalized spacial score (nSPS) is 11.5. The molecule has 0 spiro atoms. The number of aromatic nitrogens is 3. The van der Waals surface area contributed by atoms with Gasteiger partial charge in [0, 0.05) is 43.6 Å². The van der Waals surface area contributed by atoms with Gasteiger partial charge in [-0.1, -0.05) is 91.0 Å². The average molecular weight is 725 g/mol. The molecule has 3 aromatic heterocycles. The highest BCUT2D eigenvalue weighted by Gasteiger charge is 2.22. The zero-order chi connectivity index (χ0) is 38.2. The molecule has 0 radical (unpaired) electrons. The average Bonchev–Trinajstić information content (AvgIpc) is 3.91. The minimum Gasteiger partial charge on any atom is -0.307 e. The molecule has 8 aromatic carbocycles. The quantitative estimate of drug-likeness (QED) is 0.181. The lowest BCUT2D eigenvalue weighted by atomic mass is 9.99. The predicted octanol–water partition coefficient (Wildman–Crippen LogP) is 12.3. The Morgan fingerprint density at radius 2 is 0.877 bits per heavy atom. The molecule has 0 saturated carbocycles. The molecule has 0 fully saturated rings. The number of para-hydroxylation sites is 5. The summed E-state index contributed by atoms with van der Waals surface area (Å²) in [5.41, 5.74) is 12.5. The lowest BCUT2D eigenvalue weighted by molar-refractivity contribution is 1.13. The summed E-state index contributed by atoms with van der Waals surface area (Å²) in [4.78, 5) is 0. The van der Waals surface area contributed by atoms with Gasteiger partial charge in [0.2, 0.25) is 0 Å². The molecule has 0 aliphatic rings. The third-order valence-corrected chi connectivity index (χ3v) is 11.3. The molecule has 0 amide bonds. The van der Waals surface area contributed by atoms with Crippen LogP contribution in [0.5, 0.6) is 0 Å². The first-order valence-electron chi connectivity index (χ1n) is 18.7. The zero-order valence-electron chi connectivity index (χ0n) is 30.3. The molecule has 11 aromatic rings. The van der Waals surface area contributed by atoms with Crippen LogP contribution in [0.2, 0.25) is 0 Å².